The van der Waals surface area contributed by atoms with Crippen molar-refractivity contribution >= 4 is 11.8 Å². The van der Waals surface area contributed by atoms with Gasteiger partial charge in [-0.25, -0.2) is 0 Å². The molecular weight excluding hydrogens is 371 g/mol. The monoisotopic (exact) mass is 389 g/mol. The van der Waals surface area contributed by atoms with Crippen LogP contribution in [0.3, 0.4) is 0 Å². The van der Waals surface area contributed by atoms with E-state index in [0.717, 1.165) is 35.5 Å². The Bertz CT molecular complexity index is 918. The summed E-state index contributed by atoms with van der Waals surface area (Å²) in [5, 5.41) is 9.42. The molecule has 1 heterocycles. The minimum atomic E-state index is -4.33. The van der Waals surface area contributed by atoms with E-state index in [0.29, 0.717) is 23.8 Å². The molecule has 1 saturated carbocycles. The number of aromatic nitrogens is 3. The Morgan fingerprint density at radius 1 is 0.963 bits per heavy atom. The fourth-order valence-electron chi connectivity index (χ4n) is 2.95. The molecule has 2 aromatic carbocycles. The van der Waals surface area contributed by atoms with Crippen LogP contribution in [-0.4, -0.2) is 14.8 Å². The summed E-state index contributed by atoms with van der Waals surface area (Å²) in [5.74, 6) is 1.84. The van der Waals surface area contributed by atoms with Gasteiger partial charge < -0.3 is 4.57 Å². The van der Waals surface area contributed by atoms with Crippen LogP contribution >= 0.6 is 11.8 Å². The molecule has 0 unspecified atom stereocenters. The molecule has 0 saturated heterocycles. The molecule has 140 valence electrons. The molecule has 1 aromatic heterocycles. The first-order valence-electron chi connectivity index (χ1n) is 8.76. The first-order valence-corrected chi connectivity index (χ1v) is 9.75. The molecular formula is C20H18F3N3S. The minimum absolute atomic E-state index is 0.418. The number of halogens is 3. The fraction of sp³-hybridized carbons (Fsp3) is 0.300. The molecule has 1 aliphatic rings. The molecule has 3 nitrogen and oxygen atoms in total. The van der Waals surface area contributed by atoms with Crippen LogP contribution in [0.5, 0.6) is 0 Å². The zero-order valence-corrected chi connectivity index (χ0v) is 15.3. The highest BCUT2D eigenvalue weighted by Crippen LogP contribution is 2.40. The van der Waals surface area contributed by atoms with Gasteiger partial charge in [-0.1, -0.05) is 60.3 Å². The van der Waals surface area contributed by atoms with Crippen LogP contribution in [0.2, 0.25) is 0 Å². The lowest BCUT2D eigenvalue weighted by Crippen LogP contribution is -2.06. The van der Waals surface area contributed by atoms with E-state index in [4.69, 9.17) is 0 Å². The number of benzene rings is 2. The van der Waals surface area contributed by atoms with Gasteiger partial charge in [0.1, 0.15) is 5.82 Å². The second-order valence-corrected chi connectivity index (χ2v) is 7.62. The first kappa shape index (κ1) is 18.1. The quantitative estimate of drug-likeness (QED) is 0.521. The topological polar surface area (TPSA) is 30.7 Å². The first-order chi connectivity index (χ1) is 13.0. The fourth-order valence-corrected chi connectivity index (χ4v) is 3.84. The van der Waals surface area contributed by atoms with E-state index < -0.39 is 11.7 Å². The lowest BCUT2D eigenvalue weighted by atomic mass is 10.1. The van der Waals surface area contributed by atoms with E-state index in [1.807, 2.05) is 18.2 Å². The summed E-state index contributed by atoms with van der Waals surface area (Å²) in [7, 11) is 0. The Morgan fingerprint density at radius 2 is 1.70 bits per heavy atom. The van der Waals surface area contributed by atoms with Gasteiger partial charge in [0.2, 0.25) is 0 Å². The van der Waals surface area contributed by atoms with Crippen molar-refractivity contribution < 1.29 is 13.2 Å². The molecule has 3 aromatic rings. The number of rotatable bonds is 6. The second kappa shape index (κ2) is 7.38. The zero-order valence-electron chi connectivity index (χ0n) is 14.5. The maximum absolute atomic E-state index is 12.9. The summed E-state index contributed by atoms with van der Waals surface area (Å²) in [4.78, 5) is 0. The van der Waals surface area contributed by atoms with E-state index in [-0.39, 0.29) is 0 Å². The molecule has 0 bridgehead atoms. The summed E-state index contributed by atoms with van der Waals surface area (Å²) >= 11 is 1.43. The summed E-state index contributed by atoms with van der Waals surface area (Å²) in [6.07, 6.45) is -2.09. The van der Waals surface area contributed by atoms with Gasteiger partial charge in [-0.05, 0) is 30.0 Å². The van der Waals surface area contributed by atoms with Gasteiger partial charge in [-0.2, -0.15) is 13.2 Å². The highest BCUT2D eigenvalue weighted by molar-refractivity contribution is 7.98. The van der Waals surface area contributed by atoms with Gasteiger partial charge in [-0.15, -0.1) is 10.2 Å². The Labute approximate surface area is 159 Å². The minimum Gasteiger partial charge on any atom is -0.301 e. The number of alkyl halides is 3. The van der Waals surface area contributed by atoms with Gasteiger partial charge in [0, 0.05) is 11.7 Å². The van der Waals surface area contributed by atoms with Crippen LogP contribution in [0.15, 0.2) is 59.8 Å². The van der Waals surface area contributed by atoms with Crippen molar-refractivity contribution in [2.75, 3.05) is 0 Å². The van der Waals surface area contributed by atoms with Crippen molar-refractivity contribution in [2.24, 2.45) is 0 Å². The van der Waals surface area contributed by atoms with Crippen molar-refractivity contribution in [3.8, 4) is 0 Å². The molecule has 7 heteroatoms. The Balaban J connectivity index is 1.54. The Hall–Kier alpha value is -2.28. The van der Waals surface area contributed by atoms with Gasteiger partial charge in [-0.3, -0.25) is 0 Å². The number of thioether (sulfide) groups is 1. The van der Waals surface area contributed by atoms with Crippen molar-refractivity contribution in [1.82, 2.24) is 14.8 Å². The van der Waals surface area contributed by atoms with Crippen LogP contribution in [0.1, 0.15) is 41.3 Å². The summed E-state index contributed by atoms with van der Waals surface area (Å²) in [6.45, 7) is 0.671. The third-order valence-corrected chi connectivity index (χ3v) is 5.53. The van der Waals surface area contributed by atoms with E-state index >= 15 is 0 Å². The van der Waals surface area contributed by atoms with E-state index in [1.54, 1.807) is 6.07 Å². The third-order valence-electron chi connectivity index (χ3n) is 4.49. The van der Waals surface area contributed by atoms with Crippen LogP contribution in [0.25, 0.3) is 0 Å². The highest BCUT2D eigenvalue weighted by atomic mass is 32.2. The molecule has 0 atom stereocenters. The standard InChI is InChI=1S/C20H18F3N3S/c21-20(22,23)17-8-4-7-15(11-17)13-27-19-25-24-18(16-9-10-16)26(19)12-14-5-2-1-3-6-14/h1-8,11,16H,9-10,12-13H2. The Kier molecular flexibility index (Phi) is 4.95. The maximum Gasteiger partial charge on any atom is 0.416 e. The predicted octanol–water partition coefficient (Wildman–Crippen LogP) is 5.51. The van der Waals surface area contributed by atoms with Crippen LogP contribution in [0, 0.1) is 0 Å². The van der Waals surface area contributed by atoms with Gasteiger partial charge in [0.15, 0.2) is 5.16 Å². The van der Waals surface area contributed by atoms with Gasteiger partial charge in [0.25, 0.3) is 0 Å². The molecule has 0 aliphatic heterocycles. The second-order valence-electron chi connectivity index (χ2n) is 6.67. The zero-order chi connectivity index (χ0) is 18.9. The van der Waals surface area contributed by atoms with Gasteiger partial charge in [0.05, 0.1) is 12.1 Å². The normalized spacial score (nSPS) is 14.5. The van der Waals surface area contributed by atoms with Crippen molar-refractivity contribution in [2.45, 2.75) is 42.4 Å². The van der Waals surface area contributed by atoms with E-state index in [2.05, 4.69) is 26.9 Å². The van der Waals surface area contributed by atoms with Crippen LogP contribution in [0.4, 0.5) is 13.2 Å². The Morgan fingerprint density at radius 3 is 2.41 bits per heavy atom. The summed E-state index contributed by atoms with van der Waals surface area (Å²) in [6, 6.07) is 15.5. The van der Waals surface area contributed by atoms with Crippen molar-refractivity contribution in [3.63, 3.8) is 0 Å². The summed E-state index contributed by atoms with van der Waals surface area (Å²) in [5.41, 5.74) is 1.15. The lowest BCUT2D eigenvalue weighted by Gasteiger charge is -2.11. The molecule has 0 N–H and O–H groups in total. The molecule has 0 spiro atoms. The van der Waals surface area contributed by atoms with Crippen LogP contribution < -0.4 is 0 Å². The third kappa shape index (κ3) is 4.35. The smallest absolute Gasteiger partial charge is 0.301 e. The predicted molar refractivity (Wildman–Crippen MR) is 98.5 cm³/mol. The largest absolute Gasteiger partial charge is 0.416 e. The number of nitrogens with zero attached hydrogens (tertiary/aromatic N) is 3. The SMILES string of the molecule is FC(F)(F)c1cccc(CSc2nnc(C3CC3)n2Cc2ccccc2)c1. The molecule has 1 aliphatic carbocycles. The molecule has 4 rings (SSSR count). The average Bonchev–Trinajstić information content (AvgIpc) is 3.43. The molecule has 0 amide bonds. The number of hydrogen-bond acceptors (Lipinski definition) is 3. The maximum atomic E-state index is 12.9. The van der Waals surface area contributed by atoms with Gasteiger partial charge >= 0.3 is 6.18 Å². The highest BCUT2D eigenvalue weighted by Gasteiger charge is 2.31. The summed E-state index contributed by atoms with van der Waals surface area (Å²) < 4.78 is 40.8. The molecule has 27 heavy (non-hydrogen) atoms. The van der Waals surface area contributed by atoms with E-state index in [1.165, 1.54) is 23.9 Å². The lowest BCUT2D eigenvalue weighted by molar-refractivity contribution is -0.137. The van der Waals surface area contributed by atoms with Crippen molar-refractivity contribution in [1.29, 1.82) is 0 Å². The van der Waals surface area contributed by atoms with Crippen LogP contribution in [-0.2, 0) is 18.5 Å². The van der Waals surface area contributed by atoms with Crippen molar-refractivity contribution in [3.05, 3.63) is 77.1 Å². The number of hydrogen-bond donors (Lipinski definition) is 0. The molecule has 0 radical (unpaired) electrons. The van der Waals surface area contributed by atoms with E-state index in [9.17, 15) is 13.2 Å². The average molecular weight is 389 g/mol. The molecule has 1 fully saturated rings.